The van der Waals surface area contributed by atoms with Crippen LogP contribution >= 0.6 is 0 Å². The number of carbonyl (C=O) groups is 1. The number of aryl methyl sites for hydroxylation is 4. The van der Waals surface area contributed by atoms with E-state index in [9.17, 15) is 4.79 Å². The predicted molar refractivity (Wildman–Crippen MR) is 148 cm³/mol. The van der Waals surface area contributed by atoms with Crippen LogP contribution in [0.5, 0.6) is 0 Å². The van der Waals surface area contributed by atoms with Crippen LogP contribution in [0.15, 0.2) is 60.7 Å². The fraction of sp³-hybridized carbons (Fsp3) is 0.469. The molecule has 2 aromatic carbocycles. The third kappa shape index (κ3) is 6.50. The Morgan fingerprint density at radius 3 is 2.32 bits per heavy atom. The summed E-state index contributed by atoms with van der Waals surface area (Å²) >= 11 is 0. The first-order valence-corrected chi connectivity index (χ1v) is 12.8. The van der Waals surface area contributed by atoms with E-state index in [0.717, 1.165) is 36.3 Å². The van der Waals surface area contributed by atoms with Crippen LogP contribution in [0, 0.1) is 32.1 Å². The van der Waals surface area contributed by atoms with Gasteiger partial charge in [0.2, 0.25) is 0 Å². The van der Waals surface area contributed by atoms with Gasteiger partial charge >= 0.3 is 0 Å². The van der Waals surface area contributed by atoms with E-state index in [-0.39, 0.29) is 5.91 Å². The molecular weight excluding hydrogens is 414 g/mol. The van der Waals surface area contributed by atoms with Crippen molar-refractivity contribution in [2.45, 2.75) is 80.1 Å². The van der Waals surface area contributed by atoms with Gasteiger partial charge in [-0.05, 0) is 106 Å². The van der Waals surface area contributed by atoms with E-state index >= 15 is 0 Å². The Hall–Kier alpha value is -2.61. The zero-order chi connectivity index (χ0) is 25.5. The summed E-state index contributed by atoms with van der Waals surface area (Å²) in [4.78, 5) is 12.0. The van der Waals surface area contributed by atoms with Gasteiger partial charge in [0.1, 0.15) is 0 Å². The van der Waals surface area contributed by atoms with Crippen molar-refractivity contribution in [1.29, 1.82) is 0 Å². The molecule has 1 N–H and O–H groups in total. The van der Waals surface area contributed by atoms with E-state index in [1.54, 1.807) is 7.05 Å². The number of carbonyl (C=O) groups excluding carboxylic acids is 1. The summed E-state index contributed by atoms with van der Waals surface area (Å²) < 4.78 is 0. The average molecular weight is 460 g/mol. The van der Waals surface area contributed by atoms with Crippen LogP contribution in [-0.2, 0) is 12.8 Å². The lowest BCUT2D eigenvalue weighted by Crippen LogP contribution is -2.39. The summed E-state index contributed by atoms with van der Waals surface area (Å²) in [5, 5.41) is 2.73. The van der Waals surface area contributed by atoms with E-state index in [0.29, 0.717) is 5.41 Å². The normalized spacial score (nSPS) is 19.0. The van der Waals surface area contributed by atoms with Crippen molar-refractivity contribution in [3.63, 3.8) is 0 Å². The smallest absolute Gasteiger partial charge is 0.251 e. The molecule has 0 spiro atoms. The number of hydrogen-bond donors (Lipinski definition) is 1. The summed E-state index contributed by atoms with van der Waals surface area (Å²) in [5.41, 5.74) is 10.3. The van der Waals surface area contributed by atoms with Gasteiger partial charge in [-0.25, -0.2) is 0 Å². The summed E-state index contributed by atoms with van der Waals surface area (Å²) in [6.45, 7) is 21.3. The van der Waals surface area contributed by atoms with Gasteiger partial charge in [0.15, 0.2) is 0 Å². The fourth-order valence-electron chi connectivity index (χ4n) is 5.45. The fourth-order valence-corrected chi connectivity index (χ4v) is 5.45. The van der Waals surface area contributed by atoms with Gasteiger partial charge in [0.05, 0.1) is 0 Å². The number of nitrogens with one attached hydrogen (secondary N) is 1. The van der Waals surface area contributed by atoms with Crippen molar-refractivity contribution in [3.05, 3.63) is 94.1 Å². The second-order valence-electron chi connectivity index (χ2n) is 10.2. The van der Waals surface area contributed by atoms with Crippen molar-refractivity contribution in [1.82, 2.24) is 5.32 Å². The van der Waals surface area contributed by atoms with Crippen LogP contribution in [0.3, 0.4) is 0 Å². The molecule has 1 fully saturated rings. The Labute approximate surface area is 208 Å². The van der Waals surface area contributed by atoms with Gasteiger partial charge in [-0.2, -0.15) is 0 Å². The van der Waals surface area contributed by atoms with Crippen molar-refractivity contribution in [3.8, 4) is 0 Å². The summed E-state index contributed by atoms with van der Waals surface area (Å²) in [6.07, 6.45) is 6.83. The zero-order valence-electron chi connectivity index (χ0n) is 22.6. The Morgan fingerprint density at radius 2 is 1.79 bits per heavy atom. The monoisotopic (exact) mass is 459 g/mol. The quantitative estimate of drug-likeness (QED) is 0.397. The lowest BCUT2D eigenvalue weighted by molar-refractivity contribution is 0.0962. The number of amides is 1. The predicted octanol–water partition coefficient (Wildman–Crippen LogP) is 8.09. The summed E-state index contributed by atoms with van der Waals surface area (Å²) in [6, 6.07) is 12.5. The Morgan fingerprint density at radius 1 is 1.09 bits per heavy atom. The second kappa shape index (κ2) is 12.2. The molecule has 2 unspecified atom stereocenters. The maximum absolute atomic E-state index is 12.0. The molecule has 0 aliphatic heterocycles. The van der Waals surface area contributed by atoms with Crippen LogP contribution in [0.2, 0.25) is 0 Å². The number of rotatable bonds is 8. The van der Waals surface area contributed by atoms with Crippen LogP contribution in [0.25, 0.3) is 0 Å². The third-order valence-electron chi connectivity index (χ3n) is 7.65. The van der Waals surface area contributed by atoms with Gasteiger partial charge in [0, 0.05) is 12.6 Å². The summed E-state index contributed by atoms with van der Waals surface area (Å²) in [5.74, 6) is 0.786. The van der Waals surface area contributed by atoms with Crippen LogP contribution < -0.4 is 5.32 Å². The Balaban J connectivity index is 0.000000270. The number of benzene rings is 2. The number of allylic oxidation sites excluding steroid dienone is 2. The van der Waals surface area contributed by atoms with Crippen molar-refractivity contribution >= 4 is 5.91 Å². The largest absolute Gasteiger partial charge is 0.355 e. The highest BCUT2D eigenvalue weighted by Gasteiger charge is 2.45. The minimum absolute atomic E-state index is 0.00525. The molecule has 0 saturated heterocycles. The first kappa shape index (κ1) is 27.6. The topological polar surface area (TPSA) is 29.1 Å². The van der Waals surface area contributed by atoms with E-state index in [2.05, 4.69) is 84.3 Å². The molecule has 184 valence electrons. The standard InChI is InChI=1S/C19H23NO.C13H22/c1-13-8-9-16(15(3)12-13)10-11-17-14(2)6-5-7-18(17)19(21)20-4;1-6-12-9-13(7-2,11(12)5)8-10(3)4/h5-9,12H,10-11H2,1-4H3,(H,20,21);12H,3,5-9H2,1-2,4H3. The van der Waals surface area contributed by atoms with E-state index in [4.69, 9.17) is 0 Å². The lowest BCUT2D eigenvalue weighted by Gasteiger charge is -2.50. The van der Waals surface area contributed by atoms with E-state index in [1.807, 2.05) is 12.1 Å². The molecule has 0 aromatic heterocycles. The molecule has 1 saturated carbocycles. The van der Waals surface area contributed by atoms with E-state index < -0.39 is 0 Å². The highest BCUT2D eigenvalue weighted by Crippen LogP contribution is 2.56. The van der Waals surface area contributed by atoms with Crippen LogP contribution in [0.1, 0.15) is 84.6 Å². The summed E-state index contributed by atoms with van der Waals surface area (Å²) in [7, 11) is 1.68. The third-order valence-corrected chi connectivity index (χ3v) is 7.65. The molecule has 0 bridgehead atoms. The highest BCUT2D eigenvalue weighted by atomic mass is 16.1. The molecular formula is C32H45NO. The average Bonchev–Trinajstić information content (AvgIpc) is 2.80. The van der Waals surface area contributed by atoms with Crippen LogP contribution in [0.4, 0.5) is 0 Å². The molecule has 2 atom stereocenters. The molecule has 2 nitrogen and oxygen atoms in total. The Bertz CT molecular complexity index is 1030. The molecule has 1 amide bonds. The molecule has 34 heavy (non-hydrogen) atoms. The van der Waals surface area contributed by atoms with Crippen molar-refractivity contribution < 1.29 is 4.79 Å². The molecule has 1 aliphatic rings. The van der Waals surface area contributed by atoms with Crippen LogP contribution in [-0.4, -0.2) is 13.0 Å². The molecule has 0 heterocycles. The first-order chi connectivity index (χ1) is 16.1. The molecule has 0 radical (unpaired) electrons. The SMILES string of the molecule is C=C(C)CC1(CC)CC(CC)C1=C.CNC(=O)c1cccc(C)c1CCc1ccc(C)cc1C. The van der Waals surface area contributed by atoms with Gasteiger partial charge in [-0.3, -0.25) is 4.79 Å². The lowest BCUT2D eigenvalue weighted by atomic mass is 9.54. The van der Waals surface area contributed by atoms with Gasteiger partial charge in [0.25, 0.3) is 5.91 Å². The zero-order valence-corrected chi connectivity index (χ0v) is 22.6. The Kier molecular flexibility index (Phi) is 9.91. The maximum atomic E-state index is 12.0. The van der Waals surface area contributed by atoms with Gasteiger partial charge in [-0.1, -0.05) is 67.5 Å². The maximum Gasteiger partial charge on any atom is 0.251 e. The molecule has 2 aromatic rings. The molecule has 2 heteroatoms. The minimum atomic E-state index is -0.00525. The second-order valence-corrected chi connectivity index (χ2v) is 10.2. The highest BCUT2D eigenvalue weighted by molar-refractivity contribution is 5.95. The number of hydrogen-bond acceptors (Lipinski definition) is 1. The first-order valence-electron chi connectivity index (χ1n) is 12.8. The molecule has 3 rings (SSSR count). The van der Waals surface area contributed by atoms with Gasteiger partial charge in [-0.15, -0.1) is 6.58 Å². The minimum Gasteiger partial charge on any atom is -0.355 e. The van der Waals surface area contributed by atoms with Crippen molar-refractivity contribution in [2.75, 3.05) is 7.05 Å². The van der Waals surface area contributed by atoms with E-state index in [1.165, 1.54) is 52.7 Å². The van der Waals surface area contributed by atoms with Gasteiger partial charge < -0.3 is 5.32 Å². The van der Waals surface area contributed by atoms with Crippen molar-refractivity contribution in [2.24, 2.45) is 11.3 Å². The molecule has 1 aliphatic carbocycles.